The number of hydrogen-bond acceptors (Lipinski definition) is 2. The lowest BCUT2D eigenvalue weighted by Crippen LogP contribution is -2.13. The minimum Gasteiger partial charge on any atom is -0.465 e. The third kappa shape index (κ3) is 6.93. The molecule has 1 rings (SSSR count). The van der Waals surface area contributed by atoms with Crippen LogP contribution in [0.2, 0.25) is 0 Å². The molecule has 108 valence electrons. The summed E-state index contributed by atoms with van der Waals surface area (Å²) in [5.74, 6) is 0.567. The van der Waals surface area contributed by atoms with Crippen molar-refractivity contribution in [3.63, 3.8) is 0 Å². The van der Waals surface area contributed by atoms with Gasteiger partial charge < -0.3 is 4.74 Å². The van der Waals surface area contributed by atoms with Crippen LogP contribution in [-0.4, -0.2) is 12.6 Å². The Morgan fingerprint density at radius 1 is 1.30 bits per heavy atom. The first kappa shape index (κ1) is 16.2. The fraction of sp³-hybridized carbons (Fsp3) is 0.389. The highest BCUT2D eigenvalue weighted by atomic mass is 16.5. The molecule has 0 fully saturated rings. The Hall–Kier alpha value is -1.83. The van der Waals surface area contributed by atoms with Crippen molar-refractivity contribution >= 4 is 5.97 Å². The number of ether oxygens (including phenoxy) is 1. The Morgan fingerprint density at radius 3 is 2.65 bits per heavy atom. The average Bonchev–Trinajstić information content (AvgIpc) is 2.46. The van der Waals surface area contributed by atoms with Gasteiger partial charge in [-0.25, -0.2) is 0 Å². The van der Waals surface area contributed by atoms with Gasteiger partial charge in [0.05, 0.1) is 13.0 Å². The molecule has 0 bridgehead atoms. The largest absolute Gasteiger partial charge is 0.465 e. The molecule has 0 aliphatic rings. The highest BCUT2D eigenvalue weighted by molar-refractivity contribution is 5.72. The molecule has 0 aliphatic carbocycles. The topological polar surface area (TPSA) is 26.3 Å². The molecule has 0 saturated heterocycles. The molecule has 2 atom stereocenters. The third-order valence-electron chi connectivity index (χ3n) is 3.07. The van der Waals surface area contributed by atoms with Crippen LogP contribution in [0.25, 0.3) is 0 Å². The standard InChI is InChI=1S/C18H24O2/c1-4-15(2)9-8-10-16(3)14-20-18(19)13-17-11-6-5-7-12-17/h4-9,11-12,15-16H,1,10,13-14H2,2-3H3/b9-8+. The van der Waals surface area contributed by atoms with Gasteiger partial charge in [-0.3, -0.25) is 4.79 Å². The summed E-state index contributed by atoms with van der Waals surface area (Å²) in [6.07, 6.45) is 7.41. The van der Waals surface area contributed by atoms with Crippen LogP contribution in [0.5, 0.6) is 0 Å². The molecule has 2 nitrogen and oxygen atoms in total. The number of benzene rings is 1. The quantitative estimate of drug-likeness (QED) is 0.524. The van der Waals surface area contributed by atoms with Gasteiger partial charge in [0.2, 0.25) is 0 Å². The van der Waals surface area contributed by atoms with Crippen molar-refractivity contribution < 1.29 is 9.53 Å². The molecule has 0 aliphatic heterocycles. The van der Waals surface area contributed by atoms with E-state index in [1.807, 2.05) is 36.4 Å². The van der Waals surface area contributed by atoms with E-state index >= 15 is 0 Å². The van der Waals surface area contributed by atoms with Crippen molar-refractivity contribution in [2.45, 2.75) is 26.7 Å². The second-order valence-corrected chi connectivity index (χ2v) is 5.21. The van der Waals surface area contributed by atoms with E-state index in [-0.39, 0.29) is 5.97 Å². The summed E-state index contributed by atoms with van der Waals surface area (Å²) in [4.78, 5) is 11.7. The maximum Gasteiger partial charge on any atom is 0.310 e. The second-order valence-electron chi connectivity index (χ2n) is 5.21. The van der Waals surface area contributed by atoms with Crippen molar-refractivity contribution in [3.05, 3.63) is 60.7 Å². The summed E-state index contributed by atoms with van der Waals surface area (Å²) in [5.41, 5.74) is 0.991. The number of carbonyl (C=O) groups excluding carboxylic acids is 1. The fourth-order valence-corrected chi connectivity index (χ4v) is 1.72. The van der Waals surface area contributed by atoms with Gasteiger partial charge in [-0.1, -0.05) is 62.4 Å². The number of allylic oxidation sites excluding steroid dienone is 3. The van der Waals surface area contributed by atoms with Crippen LogP contribution in [-0.2, 0) is 16.0 Å². The van der Waals surface area contributed by atoms with Gasteiger partial charge in [-0.15, -0.1) is 6.58 Å². The molecule has 1 aromatic rings. The smallest absolute Gasteiger partial charge is 0.310 e. The van der Waals surface area contributed by atoms with Crippen LogP contribution < -0.4 is 0 Å². The lowest BCUT2D eigenvalue weighted by molar-refractivity contribution is -0.144. The highest BCUT2D eigenvalue weighted by Gasteiger charge is 2.07. The van der Waals surface area contributed by atoms with Gasteiger partial charge in [0, 0.05) is 0 Å². The minimum atomic E-state index is -0.161. The Bertz CT molecular complexity index is 434. The van der Waals surface area contributed by atoms with E-state index in [4.69, 9.17) is 4.74 Å². The summed E-state index contributed by atoms with van der Waals surface area (Å²) >= 11 is 0. The number of carbonyl (C=O) groups is 1. The van der Waals surface area contributed by atoms with Gasteiger partial charge in [-0.05, 0) is 23.8 Å². The Kier molecular flexibility index (Phi) is 7.41. The molecule has 1 aromatic carbocycles. The summed E-state index contributed by atoms with van der Waals surface area (Å²) in [6, 6.07) is 9.66. The first-order valence-electron chi connectivity index (χ1n) is 7.10. The zero-order valence-electron chi connectivity index (χ0n) is 12.4. The normalized spacial score (nSPS) is 13.9. The summed E-state index contributed by atoms with van der Waals surface area (Å²) in [6.45, 7) is 8.38. The van der Waals surface area contributed by atoms with Crippen LogP contribution in [0.3, 0.4) is 0 Å². The maximum absolute atomic E-state index is 11.7. The number of hydrogen-bond donors (Lipinski definition) is 0. The molecule has 0 radical (unpaired) electrons. The Morgan fingerprint density at radius 2 is 2.00 bits per heavy atom. The molecule has 2 heteroatoms. The minimum absolute atomic E-state index is 0.161. The third-order valence-corrected chi connectivity index (χ3v) is 3.07. The molecule has 0 amide bonds. The molecule has 0 aromatic heterocycles. The van der Waals surface area contributed by atoms with E-state index in [1.54, 1.807) is 0 Å². The SMILES string of the molecule is C=CC(C)/C=C/CC(C)COC(=O)Cc1ccccc1. The van der Waals surface area contributed by atoms with Gasteiger partial charge in [0.15, 0.2) is 0 Å². The lowest BCUT2D eigenvalue weighted by Gasteiger charge is -2.10. The summed E-state index contributed by atoms with van der Waals surface area (Å²) in [7, 11) is 0. The molecule has 0 saturated carbocycles. The average molecular weight is 272 g/mol. The predicted molar refractivity (Wildman–Crippen MR) is 83.4 cm³/mol. The van der Waals surface area contributed by atoms with Crippen molar-refractivity contribution in [1.29, 1.82) is 0 Å². The van der Waals surface area contributed by atoms with Crippen LogP contribution in [0.15, 0.2) is 55.1 Å². The van der Waals surface area contributed by atoms with Crippen molar-refractivity contribution in [3.8, 4) is 0 Å². The summed E-state index contributed by atoms with van der Waals surface area (Å²) in [5, 5.41) is 0. The lowest BCUT2D eigenvalue weighted by atomic mass is 10.1. The first-order chi connectivity index (χ1) is 9.61. The van der Waals surface area contributed by atoms with Crippen LogP contribution in [0, 0.1) is 11.8 Å². The monoisotopic (exact) mass is 272 g/mol. The Balaban J connectivity index is 2.23. The van der Waals surface area contributed by atoms with Gasteiger partial charge in [0.25, 0.3) is 0 Å². The number of rotatable bonds is 8. The van der Waals surface area contributed by atoms with Crippen LogP contribution in [0.1, 0.15) is 25.8 Å². The van der Waals surface area contributed by atoms with Gasteiger partial charge in [-0.2, -0.15) is 0 Å². The molecule has 20 heavy (non-hydrogen) atoms. The van der Waals surface area contributed by atoms with E-state index in [9.17, 15) is 4.79 Å². The van der Waals surface area contributed by atoms with E-state index in [1.165, 1.54) is 0 Å². The van der Waals surface area contributed by atoms with Gasteiger partial charge >= 0.3 is 5.97 Å². The predicted octanol–water partition coefficient (Wildman–Crippen LogP) is 4.18. The first-order valence-corrected chi connectivity index (χ1v) is 7.10. The van der Waals surface area contributed by atoms with E-state index in [0.29, 0.717) is 24.9 Å². The van der Waals surface area contributed by atoms with Gasteiger partial charge in [0.1, 0.15) is 0 Å². The summed E-state index contributed by atoms with van der Waals surface area (Å²) < 4.78 is 5.30. The van der Waals surface area contributed by atoms with Crippen molar-refractivity contribution in [2.75, 3.05) is 6.61 Å². The molecule has 0 N–H and O–H groups in total. The van der Waals surface area contributed by atoms with E-state index in [2.05, 4.69) is 32.6 Å². The van der Waals surface area contributed by atoms with Crippen LogP contribution in [0.4, 0.5) is 0 Å². The van der Waals surface area contributed by atoms with E-state index in [0.717, 1.165) is 12.0 Å². The highest BCUT2D eigenvalue weighted by Crippen LogP contribution is 2.08. The zero-order valence-corrected chi connectivity index (χ0v) is 12.4. The Labute approximate surface area is 122 Å². The number of esters is 1. The zero-order chi connectivity index (χ0) is 14.8. The van der Waals surface area contributed by atoms with Crippen molar-refractivity contribution in [1.82, 2.24) is 0 Å². The van der Waals surface area contributed by atoms with Crippen LogP contribution >= 0.6 is 0 Å². The van der Waals surface area contributed by atoms with E-state index < -0.39 is 0 Å². The molecule has 0 heterocycles. The van der Waals surface area contributed by atoms with Crippen molar-refractivity contribution in [2.24, 2.45) is 11.8 Å². The molecule has 2 unspecified atom stereocenters. The molecular weight excluding hydrogens is 248 g/mol. The molecule has 0 spiro atoms. The second kappa shape index (κ2) is 9.13. The molecular formula is C18H24O2. The fourth-order valence-electron chi connectivity index (χ4n) is 1.72. The maximum atomic E-state index is 11.7.